The topological polar surface area (TPSA) is 78.5 Å². The van der Waals surface area contributed by atoms with E-state index in [0.717, 1.165) is 42.5 Å². The third kappa shape index (κ3) is 5.36. The summed E-state index contributed by atoms with van der Waals surface area (Å²) >= 11 is 0. The molecule has 0 bridgehead atoms. The van der Waals surface area contributed by atoms with Crippen LogP contribution in [0, 0.1) is 18.8 Å². The number of hydrogen-bond donors (Lipinski definition) is 2. The molecule has 1 saturated heterocycles. The molecule has 3 amide bonds. The lowest BCUT2D eigenvalue weighted by Gasteiger charge is -2.32. The molecule has 2 aliphatic rings. The van der Waals surface area contributed by atoms with Gasteiger partial charge in [-0.15, -0.1) is 0 Å². The maximum absolute atomic E-state index is 12.9. The average Bonchev–Trinajstić information content (AvgIpc) is 3.65. The van der Waals surface area contributed by atoms with E-state index >= 15 is 0 Å². The van der Waals surface area contributed by atoms with Crippen LogP contribution in [0.1, 0.15) is 60.1 Å². The highest BCUT2D eigenvalue weighted by atomic mass is 16.2. The first-order valence-electron chi connectivity index (χ1n) is 11.5. The molecular formula is C26H31N3O3. The summed E-state index contributed by atoms with van der Waals surface area (Å²) in [5, 5.41) is 6.03. The van der Waals surface area contributed by atoms with Gasteiger partial charge in [-0.1, -0.05) is 29.8 Å². The van der Waals surface area contributed by atoms with Crippen LogP contribution >= 0.6 is 0 Å². The molecule has 1 aliphatic carbocycles. The standard InChI is InChI=1S/C26H31N3O3/c1-17-5-7-21(8-6-17)26(32)29-15-3-4-22(16-29)25(31)27-18(2)19-11-13-23(14-12-19)28-24(30)20-9-10-20/h5-8,11-14,18,20,22H,3-4,9-10,15-16H2,1-2H3,(H,27,31)(H,28,30). The lowest BCUT2D eigenvalue weighted by Crippen LogP contribution is -2.45. The van der Waals surface area contributed by atoms with Crippen molar-refractivity contribution in [2.45, 2.75) is 45.6 Å². The van der Waals surface area contributed by atoms with Crippen LogP contribution in [-0.4, -0.2) is 35.7 Å². The van der Waals surface area contributed by atoms with Crippen LogP contribution in [-0.2, 0) is 9.59 Å². The number of piperidine rings is 1. The van der Waals surface area contributed by atoms with E-state index in [9.17, 15) is 14.4 Å². The van der Waals surface area contributed by atoms with Gasteiger partial charge >= 0.3 is 0 Å². The van der Waals surface area contributed by atoms with Gasteiger partial charge < -0.3 is 15.5 Å². The Morgan fingerprint density at radius 2 is 1.59 bits per heavy atom. The molecule has 0 radical (unpaired) electrons. The number of nitrogens with one attached hydrogen (secondary N) is 2. The number of carbonyl (C=O) groups is 3. The van der Waals surface area contributed by atoms with Gasteiger partial charge in [0, 0.05) is 30.3 Å². The van der Waals surface area contributed by atoms with Gasteiger partial charge in [0.25, 0.3) is 5.91 Å². The molecule has 2 N–H and O–H groups in total. The Balaban J connectivity index is 1.31. The number of benzene rings is 2. The van der Waals surface area contributed by atoms with E-state index in [1.807, 2.05) is 62.4 Å². The molecule has 2 aromatic carbocycles. The first kappa shape index (κ1) is 22.1. The molecule has 1 aliphatic heterocycles. The van der Waals surface area contributed by atoms with Crippen molar-refractivity contribution in [3.63, 3.8) is 0 Å². The number of nitrogens with zero attached hydrogens (tertiary/aromatic N) is 1. The number of hydrogen-bond acceptors (Lipinski definition) is 3. The second kappa shape index (κ2) is 9.55. The van der Waals surface area contributed by atoms with Gasteiger partial charge in [0.2, 0.25) is 11.8 Å². The maximum atomic E-state index is 12.9. The van der Waals surface area contributed by atoms with E-state index in [0.29, 0.717) is 18.7 Å². The van der Waals surface area contributed by atoms with Gasteiger partial charge in [-0.3, -0.25) is 14.4 Å². The second-order valence-electron chi connectivity index (χ2n) is 9.07. The number of carbonyl (C=O) groups excluding carboxylic acids is 3. The summed E-state index contributed by atoms with van der Waals surface area (Å²) in [5.41, 5.74) is 3.54. The Morgan fingerprint density at radius 1 is 0.906 bits per heavy atom. The Bertz CT molecular complexity index is 980. The fourth-order valence-electron chi connectivity index (χ4n) is 4.11. The van der Waals surface area contributed by atoms with Gasteiger partial charge in [0.05, 0.1) is 12.0 Å². The summed E-state index contributed by atoms with van der Waals surface area (Å²) in [6.45, 7) is 5.07. The summed E-state index contributed by atoms with van der Waals surface area (Å²) in [6.07, 6.45) is 3.55. The Hall–Kier alpha value is -3.15. The van der Waals surface area contributed by atoms with Gasteiger partial charge in [-0.25, -0.2) is 0 Å². The third-order valence-electron chi connectivity index (χ3n) is 6.36. The van der Waals surface area contributed by atoms with Crippen molar-refractivity contribution >= 4 is 23.4 Å². The number of aryl methyl sites for hydroxylation is 1. The highest BCUT2D eigenvalue weighted by Gasteiger charge is 2.30. The molecule has 2 fully saturated rings. The smallest absolute Gasteiger partial charge is 0.253 e. The van der Waals surface area contributed by atoms with E-state index in [-0.39, 0.29) is 35.6 Å². The molecule has 2 atom stereocenters. The summed E-state index contributed by atoms with van der Waals surface area (Å²) in [7, 11) is 0. The summed E-state index contributed by atoms with van der Waals surface area (Å²) in [4.78, 5) is 39.5. The van der Waals surface area contributed by atoms with E-state index in [4.69, 9.17) is 0 Å². The van der Waals surface area contributed by atoms with E-state index in [2.05, 4.69) is 10.6 Å². The van der Waals surface area contributed by atoms with Crippen LogP contribution in [0.4, 0.5) is 5.69 Å². The fraction of sp³-hybridized carbons (Fsp3) is 0.423. The van der Waals surface area contributed by atoms with Crippen molar-refractivity contribution in [3.8, 4) is 0 Å². The quantitative estimate of drug-likeness (QED) is 0.721. The third-order valence-corrected chi connectivity index (χ3v) is 6.36. The van der Waals surface area contributed by atoms with Crippen molar-refractivity contribution in [2.24, 2.45) is 11.8 Å². The van der Waals surface area contributed by atoms with E-state index in [1.54, 1.807) is 4.90 Å². The zero-order valence-corrected chi connectivity index (χ0v) is 18.8. The molecule has 0 aromatic heterocycles. The zero-order chi connectivity index (χ0) is 22.7. The predicted octanol–water partition coefficient (Wildman–Crippen LogP) is 4.07. The van der Waals surface area contributed by atoms with Gasteiger partial charge in [0.15, 0.2) is 0 Å². The predicted molar refractivity (Wildman–Crippen MR) is 124 cm³/mol. The SMILES string of the molecule is Cc1ccc(C(=O)N2CCCC(C(=O)NC(C)c3ccc(NC(=O)C4CC4)cc3)C2)cc1. The molecular weight excluding hydrogens is 402 g/mol. The van der Waals surface area contributed by atoms with Crippen molar-refractivity contribution < 1.29 is 14.4 Å². The monoisotopic (exact) mass is 433 g/mol. The largest absolute Gasteiger partial charge is 0.349 e. The minimum Gasteiger partial charge on any atom is -0.349 e. The van der Waals surface area contributed by atoms with Crippen LogP contribution in [0.3, 0.4) is 0 Å². The van der Waals surface area contributed by atoms with Gasteiger partial charge in [0.1, 0.15) is 0 Å². The Morgan fingerprint density at radius 3 is 2.25 bits per heavy atom. The van der Waals surface area contributed by atoms with Gasteiger partial charge in [-0.2, -0.15) is 0 Å². The van der Waals surface area contributed by atoms with Crippen LogP contribution in [0.5, 0.6) is 0 Å². The Labute approximate surface area is 189 Å². The zero-order valence-electron chi connectivity index (χ0n) is 18.8. The van der Waals surface area contributed by atoms with Crippen molar-refractivity contribution in [3.05, 3.63) is 65.2 Å². The van der Waals surface area contributed by atoms with Crippen molar-refractivity contribution in [1.29, 1.82) is 0 Å². The Kier molecular flexibility index (Phi) is 6.58. The van der Waals surface area contributed by atoms with Crippen LogP contribution in [0.25, 0.3) is 0 Å². The van der Waals surface area contributed by atoms with E-state index in [1.165, 1.54) is 0 Å². The van der Waals surface area contributed by atoms with Gasteiger partial charge in [-0.05, 0) is 69.4 Å². The highest BCUT2D eigenvalue weighted by molar-refractivity contribution is 5.95. The van der Waals surface area contributed by atoms with E-state index < -0.39 is 0 Å². The maximum Gasteiger partial charge on any atom is 0.253 e. The first-order chi connectivity index (χ1) is 15.4. The molecule has 1 saturated carbocycles. The number of amides is 3. The number of anilines is 1. The molecule has 1 heterocycles. The molecule has 6 nitrogen and oxygen atoms in total. The molecule has 168 valence electrons. The normalized spacial score (nSPS) is 19.2. The highest BCUT2D eigenvalue weighted by Crippen LogP contribution is 2.30. The molecule has 2 aromatic rings. The minimum atomic E-state index is -0.210. The summed E-state index contributed by atoms with van der Waals surface area (Å²) in [5.74, 6) is 0.00378. The van der Waals surface area contributed by atoms with Crippen LogP contribution in [0.2, 0.25) is 0 Å². The molecule has 4 rings (SSSR count). The second-order valence-corrected chi connectivity index (χ2v) is 9.07. The average molecular weight is 434 g/mol. The summed E-state index contributed by atoms with van der Waals surface area (Å²) < 4.78 is 0. The molecule has 6 heteroatoms. The van der Waals surface area contributed by atoms with Crippen molar-refractivity contribution in [2.75, 3.05) is 18.4 Å². The first-order valence-corrected chi connectivity index (χ1v) is 11.5. The minimum absolute atomic E-state index is 0.0145. The lowest BCUT2D eigenvalue weighted by atomic mass is 9.95. The van der Waals surface area contributed by atoms with Crippen LogP contribution in [0.15, 0.2) is 48.5 Å². The summed E-state index contributed by atoms with van der Waals surface area (Å²) in [6, 6.07) is 15.0. The number of likely N-dealkylation sites (tertiary alicyclic amines) is 1. The number of rotatable bonds is 6. The molecule has 2 unspecified atom stereocenters. The lowest BCUT2D eigenvalue weighted by molar-refractivity contribution is -0.127. The van der Waals surface area contributed by atoms with Crippen LogP contribution < -0.4 is 10.6 Å². The fourth-order valence-corrected chi connectivity index (χ4v) is 4.11. The molecule has 32 heavy (non-hydrogen) atoms. The van der Waals surface area contributed by atoms with Crippen molar-refractivity contribution in [1.82, 2.24) is 10.2 Å². The molecule has 0 spiro atoms.